The number of likely N-dealkylation sites (N-methyl/N-ethyl adjacent to an activating group) is 2. The monoisotopic (exact) mass is 563 g/mol. The number of amides is 4. The van der Waals surface area contributed by atoms with E-state index in [1.165, 1.54) is 0 Å². The molecule has 6 N–H and O–H groups in total. The van der Waals surface area contributed by atoms with Gasteiger partial charge in [-0.3, -0.25) is 5.32 Å². The van der Waals surface area contributed by atoms with Gasteiger partial charge in [-0.25, -0.2) is 9.59 Å². The summed E-state index contributed by atoms with van der Waals surface area (Å²) in [6.07, 6.45) is 1.16. The summed E-state index contributed by atoms with van der Waals surface area (Å²) < 4.78 is 1.48. The highest BCUT2D eigenvalue weighted by atomic mass is 16.3. The number of urea groups is 2. The summed E-state index contributed by atoms with van der Waals surface area (Å²) in [6, 6.07) is -0.280. The van der Waals surface area contributed by atoms with Crippen molar-refractivity contribution in [3.63, 3.8) is 0 Å². The Hall–Kier alpha value is -1.62. The molecule has 0 aliphatic rings. The van der Waals surface area contributed by atoms with Crippen LogP contribution in [-0.4, -0.2) is 118 Å². The minimum absolute atomic E-state index is 0. The van der Waals surface area contributed by atoms with Crippen molar-refractivity contribution in [1.82, 2.24) is 21.3 Å². The second kappa shape index (κ2) is 35.4. The lowest BCUT2D eigenvalue weighted by Crippen LogP contribution is -2.53. The van der Waals surface area contributed by atoms with Crippen molar-refractivity contribution in [2.75, 3.05) is 74.6 Å². The number of aliphatic hydroxyl groups excluding tert-OH is 2. The maximum absolute atomic E-state index is 10.9. The van der Waals surface area contributed by atoms with E-state index in [2.05, 4.69) is 42.3 Å². The van der Waals surface area contributed by atoms with Gasteiger partial charge in [0.05, 0.1) is 34.7 Å². The highest BCUT2D eigenvalue weighted by Crippen LogP contribution is 2.01. The van der Waals surface area contributed by atoms with Gasteiger partial charge < -0.3 is 35.1 Å². The van der Waals surface area contributed by atoms with Crippen LogP contribution in [0.1, 0.15) is 92.0 Å². The number of hydrogen-bond donors (Lipinski definition) is 6. The number of carbonyl (C=O) groups excluding carboxylic acids is 2. The number of nitrogens with one attached hydrogen (secondary N) is 4. The van der Waals surface area contributed by atoms with Crippen LogP contribution in [0.2, 0.25) is 0 Å². The number of aliphatic hydroxyl groups is 2. The summed E-state index contributed by atoms with van der Waals surface area (Å²) in [7, 11) is 9.79. The average Bonchev–Trinajstić information content (AvgIpc) is 2.72. The van der Waals surface area contributed by atoms with E-state index in [4.69, 9.17) is 0 Å². The van der Waals surface area contributed by atoms with E-state index in [9.17, 15) is 19.8 Å². The van der Waals surface area contributed by atoms with E-state index in [0.29, 0.717) is 30.8 Å². The van der Waals surface area contributed by atoms with Crippen LogP contribution in [0.5, 0.6) is 0 Å². The molecule has 0 radical (unpaired) electrons. The molecule has 0 aromatic carbocycles. The zero-order chi connectivity index (χ0) is 25.8. The predicted octanol–water partition coefficient (Wildman–Crippen LogP) is 4.72. The van der Waals surface area contributed by atoms with Gasteiger partial charge in [0.2, 0.25) is 0 Å². The second-order valence-electron chi connectivity index (χ2n) is 8.98. The average molecular weight is 563 g/mol. The number of nitrogens with zero attached hydrogens (tertiary/aromatic N) is 2. The molecule has 242 valence electrons. The van der Waals surface area contributed by atoms with E-state index in [0.717, 1.165) is 30.4 Å². The van der Waals surface area contributed by atoms with Crippen LogP contribution in [0.15, 0.2) is 0 Å². The van der Waals surface area contributed by atoms with Crippen LogP contribution in [0, 0.1) is 0 Å². The first-order valence-electron chi connectivity index (χ1n) is 11.7. The molecule has 0 aliphatic carbocycles. The van der Waals surface area contributed by atoms with E-state index in [1.54, 1.807) is 7.05 Å². The van der Waals surface area contributed by atoms with Gasteiger partial charge in [0.15, 0.2) is 6.67 Å². The van der Waals surface area contributed by atoms with Crippen molar-refractivity contribution in [2.24, 2.45) is 0 Å². The first kappa shape index (κ1) is 60.7. The van der Waals surface area contributed by atoms with Gasteiger partial charge in [0.25, 0.3) is 0 Å². The first-order chi connectivity index (χ1) is 14.7. The van der Waals surface area contributed by atoms with Crippen LogP contribution >= 0.6 is 0 Å². The molecule has 0 bridgehead atoms. The van der Waals surface area contributed by atoms with E-state index < -0.39 is 0 Å². The summed E-state index contributed by atoms with van der Waals surface area (Å²) in [6.45, 7) is 14.3. The minimum atomic E-state index is -0.309. The Kier molecular flexibility index (Phi) is 56.6. The lowest BCUT2D eigenvalue weighted by atomic mass is 10.2. The standard InChI is InChI=1S/C9H21N3O2.C8H20NO.C5H12N2O.6CH4/c1-5-8(13)6-12(3,4)7-11-9(14)10-2;1-5-8(10)7-9(3,4)6-2;1-3-6-5(8)7-4-2;;;;;;/h8,13H,5-7H2,1-4H3,(H-,10,11,14);8,10H,5-7H2,1-4H3;3-4H2,1-2H3,(H2,6,7,8);6*1H4/q;+1;;;;;;;/p+1. The third-order valence-electron chi connectivity index (χ3n) is 4.78. The predicted molar refractivity (Wildman–Crippen MR) is 173 cm³/mol. The third-order valence-corrected chi connectivity index (χ3v) is 4.78. The summed E-state index contributed by atoms with van der Waals surface area (Å²) in [5.41, 5.74) is 0. The number of hydrogen-bond acceptors (Lipinski definition) is 4. The molecule has 38 heavy (non-hydrogen) atoms. The maximum atomic E-state index is 10.9. The molecule has 0 spiro atoms. The normalized spacial score (nSPS) is 10.7. The van der Waals surface area contributed by atoms with Crippen molar-refractivity contribution in [2.45, 2.75) is 104 Å². The van der Waals surface area contributed by atoms with Gasteiger partial charge in [-0.15, -0.1) is 0 Å². The first-order valence-corrected chi connectivity index (χ1v) is 11.7. The summed E-state index contributed by atoms with van der Waals surface area (Å²) in [5.74, 6) is 0. The molecule has 0 heterocycles. The zero-order valence-electron chi connectivity index (χ0n) is 22.4. The maximum Gasteiger partial charge on any atom is 0.318 e. The topological polar surface area (TPSA) is 123 Å². The van der Waals surface area contributed by atoms with Crippen LogP contribution < -0.4 is 21.3 Å². The molecular weight excluding hydrogens is 484 g/mol. The zero-order valence-corrected chi connectivity index (χ0v) is 22.4. The minimum Gasteiger partial charge on any atom is -0.387 e. The highest BCUT2D eigenvalue weighted by Gasteiger charge is 2.19. The molecule has 2 unspecified atom stereocenters. The van der Waals surface area contributed by atoms with Crippen molar-refractivity contribution in [1.29, 1.82) is 0 Å². The Morgan fingerprint density at radius 3 is 1.24 bits per heavy atom. The Morgan fingerprint density at radius 1 is 0.632 bits per heavy atom. The molecule has 0 aromatic rings. The molecule has 10 nitrogen and oxygen atoms in total. The fourth-order valence-corrected chi connectivity index (χ4v) is 2.35. The number of carbonyl (C=O) groups is 2. The van der Waals surface area contributed by atoms with E-state index in [1.807, 2.05) is 41.8 Å². The fourth-order valence-electron chi connectivity index (χ4n) is 2.35. The van der Waals surface area contributed by atoms with Crippen molar-refractivity contribution in [3.8, 4) is 0 Å². The Morgan fingerprint density at radius 2 is 0.974 bits per heavy atom. The largest absolute Gasteiger partial charge is 0.387 e. The van der Waals surface area contributed by atoms with Gasteiger partial charge in [-0.1, -0.05) is 58.4 Å². The molecule has 2 atom stereocenters. The lowest BCUT2D eigenvalue weighted by Gasteiger charge is -2.31. The van der Waals surface area contributed by atoms with E-state index >= 15 is 0 Å². The molecule has 0 aromatic heterocycles. The van der Waals surface area contributed by atoms with Gasteiger partial charge >= 0.3 is 12.1 Å². The SMILES string of the molecule is C.C.C.C.C.C.CCC(O)C[N+](C)(C)CC.CCC(O)C[N+](C)(C)CNC(=O)NC.CCNC(=O)NCC. The van der Waals surface area contributed by atoms with Crippen molar-refractivity contribution < 1.29 is 28.8 Å². The van der Waals surface area contributed by atoms with Crippen LogP contribution in [0.25, 0.3) is 0 Å². The molecule has 10 heteroatoms. The summed E-state index contributed by atoms with van der Waals surface area (Å²) >= 11 is 0. The van der Waals surface area contributed by atoms with Crippen LogP contribution in [-0.2, 0) is 0 Å². The smallest absolute Gasteiger partial charge is 0.318 e. The lowest BCUT2D eigenvalue weighted by molar-refractivity contribution is -0.895. The Bertz CT molecular complexity index is 470. The van der Waals surface area contributed by atoms with E-state index in [-0.39, 0.29) is 68.8 Å². The fraction of sp³-hybridized carbons (Fsp3) is 0.929. The third kappa shape index (κ3) is 44.4. The van der Waals surface area contributed by atoms with Gasteiger partial charge in [0, 0.05) is 20.1 Å². The Balaban J connectivity index is -0.0000000454. The second-order valence-corrected chi connectivity index (χ2v) is 8.98. The molecule has 4 amide bonds. The van der Waals surface area contributed by atoms with Gasteiger partial charge in [-0.05, 0) is 33.6 Å². The summed E-state index contributed by atoms with van der Waals surface area (Å²) in [5, 5.41) is 29.2. The van der Waals surface area contributed by atoms with Crippen LogP contribution in [0.4, 0.5) is 9.59 Å². The molecular formula is C28H78N6O4+2. The van der Waals surface area contributed by atoms with Crippen LogP contribution in [0.3, 0.4) is 0 Å². The molecule has 0 saturated carbocycles. The van der Waals surface area contributed by atoms with Gasteiger partial charge in [-0.2, -0.15) is 0 Å². The highest BCUT2D eigenvalue weighted by molar-refractivity contribution is 5.73. The number of rotatable bonds is 11. The quantitative estimate of drug-likeness (QED) is 0.161. The van der Waals surface area contributed by atoms with Gasteiger partial charge in [0.1, 0.15) is 25.3 Å². The van der Waals surface area contributed by atoms with Crippen molar-refractivity contribution >= 4 is 12.1 Å². The van der Waals surface area contributed by atoms with Crippen molar-refractivity contribution in [3.05, 3.63) is 0 Å². The molecule has 0 fully saturated rings. The number of quaternary nitrogens is 2. The molecule has 0 rings (SSSR count). The summed E-state index contributed by atoms with van der Waals surface area (Å²) in [4.78, 5) is 21.3. The Labute approximate surface area is 241 Å². The molecule has 0 saturated heterocycles. The molecule has 0 aliphatic heterocycles.